The van der Waals surface area contributed by atoms with Crippen LogP contribution in [0.25, 0.3) is 0 Å². The Hall–Kier alpha value is -1.62. The van der Waals surface area contributed by atoms with Gasteiger partial charge < -0.3 is 14.5 Å². The van der Waals surface area contributed by atoms with E-state index < -0.39 is 0 Å². The van der Waals surface area contributed by atoms with Gasteiger partial charge in [-0.3, -0.25) is 0 Å². The summed E-state index contributed by atoms with van der Waals surface area (Å²) in [5, 5.41) is 0. The van der Waals surface area contributed by atoms with Gasteiger partial charge in [-0.2, -0.15) is 0 Å². The van der Waals surface area contributed by atoms with Crippen LogP contribution in [-0.4, -0.2) is 48.7 Å². The second-order valence-corrected chi connectivity index (χ2v) is 4.79. The molecule has 1 aromatic rings. The Morgan fingerprint density at radius 2 is 2.00 bits per heavy atom. The summed E-state index contributed by atoms with van der Waals surface area (Å²) < 4.78 is 18.5. The minimum atomic E-state index is -0.271. The van der Waals surface area contributed by atoms with Crippen LogP contribution in [-0.2, 0) is 4.74 Å². The smallest absolute Gasteiger partial charge is 0.320 e. The molecule has 1 fully saturated rings. The van der Waals surface area contributed by atoms with Crippen LogP contribution < -0.4 is 0 Å². The third-order valence-corrected chi connectivity index (χ3v) is 3.66. The lowest BCUT2D eigenvalue weighted by atomic mass is 10.1. The maximum Gasteiger partial charge on any atom is 0.320 e. The molecule has 1 aliphatic heterocycles. The van der Waals surface area contributed by atoms with E-state index in [2.05, 4.69) is 0 Å². The van der Waals surface area contributed by atoms with Crippen LogP contribution in [0.1, 0.15) is 25.5 Å². The van der Waals surface area contributed by atoms with Crippen LogP contribution in [0.5, 0.6) is 0 Å². The van der Waals surface area contributed by atoms with Gasteiger partial charge in [-0.05, 0) is 31.5 Å². The number of hydrogen-bond donors (Lipinski definition) is 0. The highest BCUT2D eigenvalue weighted by atomic mass is 19.1. The first-order valence-electron chi connectivity index (χ1n) is 7.06. The molecule has 1 aliphatic rings. The van der Waals surface area contributed by atoms with E-state index in [-0.39, 0.29) is 17.9 Å². The van der Waals surface area contributed by atoms with Crippen molar-refractivity contribution < 1.29 is 13.9 Å². The molecule has 0 N–H and O–H groups in total. The highest BCUT2D eigenvalue weighted by Gasteiger charge is 2.30. The van der Waals surface area contributed by atoms with E-state index in [1.54, 1.807) is 17.0 Å². The van der Waals surface area contributed by atoms with Crippen LogP contribution in [0.4, 0.5) is 9.18 Å². The summed E-state index contributed by atoms with van der Waals surface area (Å²) in [6.07, 6.45) is 0. The summed E-state index contributed by atoms with van der Waals surface area (Å²) in [6, 6.07) is 6.16. The molecule has 110 valence electrons. The van der Waals surface area contributed by atoms with E-state index in [0.29, 0.717) is 32.8 Å². The fourth-order valence-electron chi connectivity index (χ4n) is 2.47. The van der Waals surface area contributed by atoms with E-state index in [1.165, 1.54) is 12.1 Å². The topological polar surface area (TPSA) is 32.8 Å². The van der Waals surface area contributed by atoms with Crippen molar-refractivity contribution >= 4 is 6.03 Å². The summed E-state index contributed by atoms with van der Waals surface area (Å²) in [4.78, 5) is 16.1. The first kappa shape index (κ1) is 14.8. The van der Waals surface area contributed by atoms with Crippen molar-refractivity contribution in [2.75, 3.05) is 32.8 Å². The maximum absolute atomic E-state index is 13.0. The van der Waals surface area contributed by atoms with Crippen LogP contribution in [0.3, 0.4) is 0 Å². The van der Waals surface area contributed by atoms with Crippen molar-refractivity contribution in [3.8, 4) is 0 Å². The first-order chi connectivity index (χ1) is 9.67. The quantitative estimate of drug-likeness (QED) is 0.852. The lowest BCUT2D eigenvalue weighted by molar-refractivity contribution is 0.00370. The Bertz CT molecular complexity index is 446. The number of halogens is 1. The van der Waals surface area contributed by atoms with Crippen LogP contribution >= 0.6 is 0 Å². The summed E-state index contributed by atoms with van der Waals surface area (Å²) >= 11 is 0. The van der Waals surface area contributed by atoms with Crippen LogP contribution in [0.15, 0.2) is 24.3 Å². The van der Waals surface area contributed by atoms with Gasteiger partial charge in [0.05, 0.1) is 19.3 Å². The molecule has 0 spiro atoms. The minimum Gasteiger partial charge on any atom is -0.377 e. The molecule has 1 unspecified atom stereocenters. The number of benzene rings is 1. The molecule has 5 heteroatoms. The lowest BCUT2D eigenvalue weighted by Crippen LogP contribution is -2.49. The zero-order chi connectivity index (χ0) is 14.5. The fraction of sp³-hybridized carbons (Fsp3) is 0.533. The molecular formula is C15H21FN2O2. The molecule has 1 heterocycles. The Kier molecular flexibility index (Phi) is 4.95. The SMILES string of the molecule is CCN(CC)C(=O)N1CCOCC1c1ccc(F)cc1. The second-order valence-electron chi connectivity index (χ2n) is 4.79. The van der Waals surface area contributed by atoms with Gasteiger partial charge in [0.15, 0.2) is 0 Å². The summed E-state index contributed by atoms with van der Waals surface area (Å²) in [7, 11) is 0. The molecule has 1 atom stereocenters. The van der Waals surface area contributed by atoms with Crippen molar-refractivity contribution in [1.82, 2.24) is 9.80 Å². The van der Waals surface area contributed by atoms with Gasteiger partial charge in [-0.25, -0.2) is 9.18 Å². The number of urea groups is 1. The number of morpholine rings is 1. The number of nitrogens with zero attached hydrogens (tertiary/aromatic N) is 2. The van der Waals surface area contributed by atoms with Crippen molar-refractivity contribution in [2.45, 2.75) is 19.9 Å². The monoisotopic (exact) mass is 280 g/mol. The molecule has 0 saturated carbocycles. The normalized spacial score (nSPS) is 18.9. The van der Waals surface area contributed by atoms with E-state index >= 15 is 0 Å². The molecule has 1 saturated heterocycles. The Balaban J connectivity index is 2.20. The highest BCUT2D eigenvalue weighted by molar-refractivity contribution is 5.75. The molecule has 0 radical (unpaired) electrons. The number of carbonyl (C=O) groups is 1. The predicted molar refractivity (Wildman–Crippen MR) is 75.0 cm³/mol. The molecule has 0 aliphatic carbocycles. The number of carbonyl (C=O) groups excluding carboxylic acids is 1. The standard InChI is InChI=1S/C15H21FN2O2/c1-3-17(4-2)15(19)18-9-10-20-11-14(18)12-5-7-13(16)8-6-12/h5-8,14H,3-4,9-11H2,1-2H3. The van der Waals surface area contributed by atoms with Crippen molar-refractivity contribution in [3.05, 3.63) is 35.6 Å². The Labute approximate surface area is 119 Å². The zero-order valence-electron chi connectivity index (χ0n) is 12.0. The molecular weight excluding hydrogens is 259 g/mol. The molecule has 2 amide bonds. The van der Waals surface area contributed by atoms with Crippen LogP contribution in [0.2, 0.25) is 0 Å². The molecule has 2 rings (SSSR count). The van der Waals surface area contributed by atoms with Crippen molar-refractivity contribution in [3.63, 3.8) is 0 Å². The minimum absolute atomic E-state index is 0.0209. The van der Waals surface area contributed by atoms with Gasteiger partial charge >= 0.3 is 6.03 Å². The van der Waals surface area contributed by atoms with E-state index in [0.717, 1.165) is 5.56 Å². The van der Waals surface area contributed by atoms with Crippen LogP contribution in [0, 0.1) is 5.82 Å². The van der Waals surface area contributed by atoms with Gasteiger partial charge in [0.1, 0.15) is 5.82 Å². The number of ether oxygens (including phenoxy) is 1. The maximum atomic E-state index is 13.0. The second kappa shape index (κ2) is 6.70. The average molecular weight is 280 g/mol. The summed E-state index contributed by atoms with van der Waals surface area (Å²) in [5.41, 5.74) is 0.909. The van der Waals surface area contributed by atoms with E-state index in [4.69, 9.17) is 4.74 Å². The lowest BCUT2D eigenvalue weighted by Gasteiger charge is -2.38. The third kappa shape index (κ3) is 3.10. The van der Waals surface area contributed by atoms with Gasteiger partial charge in [0.2, 0.25) is 0 Å². The zero-order valence-corrected chi connectivity index (χ0v) is 12.0. The summed E-state index contributed by atoms with van der Waals surface area (Å²) in [6.45, 7) is 6.87. The summed E-state index contributed by atoms with van der Waals surface area (Å²) in [5.74, 6) is -0.271. The molecule has 1 aromatic carbocycles. The van der Waals surface area contributed by atoms with E-state index in [9.17, 15) is 9.18 Å². The Morgan fingerprint density at radius 3 is 2.60 bits per heavy atom. The number of hydrogen-bond acceptors (Lipinski definition) is 2. The van der Waals surface area contributed by atoms with E-state index in [1.807, 2.05) is 18.7 Å². The molecule has 20 heavy (non-hydrogen) atoms. The first-order valence-corrected chi connectivity index (χ1v) is 7.06. The number of rotatable bonds is 3. The fourth-order valence-corrected chi connectivity index (χ4v) is 2.47. The Morgan fingerprint density at radius 1 is 1.35 bits per heavy atom. The third-order valence-electron chi connectivity index (χ3n) is 3.66. The predicted octanol–water partition coefficient (Wildman–Crippen LogP) is 2.66. The average Bonchev–Trinajstić information content (AvgIpc) is 2.49. The van der Waals surface area contributed by atoms with Gasteiger partial charge in [0, 0.05) is 19.6 Å². The van der Waals surface area contributed by atoms with Crippen molar-refractivity contribution in [2.24, 2.45) is 0 Å². The molecule has 0 aromatic heterocycles. The molecule has 4 nitrogen and oxygen atoms in total. The van der Waals surface area contributed by atoms with Gasteiger partial charge in [0.25, 0.3) is 0 Å². The largest absolute Gasteiger partial charge is 0.377 e. The van der Waals surface area contributed by atoms with Crippen molar-refractivity contribution in [1.29, 1.82) is 0 Å². The molecule has 0 bridgehead atoms. The highest BCUT2D eigenvalue weighted by Crippen LogP contribution is 2.25. The number of amides is 2. The van der Waals surface area contributed by atoms with Gasteiger partial charge in [-0.15, -0.1) is 0 Å². The van der Waals surface area contributed by atoms with Gasteiger partial charge in [-0.1, -0.05) is 12.1 Å².